The van der Waals surface area contributed by atoms with Crippen molar-refractivity contribution in [2.45, 2.75) is 0 Å². The predicted molar refractivity (Wildman–Crippen MR) is 115 cm³/mol. The third-order valence-electron chi connectivity index (χ3n) is 5.15. The lowest BCUT2D eigenvalue weighted by Gasteiger charge is -2.36. The normalized spacial score (nSPS) is 13.8. The average molecular weight is 406 g/mol. The van der Waals surface area contributed by atoms with E-state index < -0.39 is 0 Å². The number of nitrogens with zero attached hydrogens (tertiary/aromatic N) is 3. The Morgan fingerprint density at radius 3 is 2.30 bits per heavy atom. The number of aromatic nitrogens is 1. The van der Waals surface area contributed by atoms with E-state index >= 15 is 0 Å². The van der Waals surface area contributed by atoms with Crippen LogP contribution in [0.5, 0.6) is 5.75 Å². The summed E-state index contributed by atoms with van der Waals surface area (Å²) in [6.45, 7) is 2.51. The van der Waals surface area contributed by atoms with E-state index in [-0.39, 0.29) is 11.7 Å². The molecule has 0 radical (unpaired) electrons. The zero-order valence-corrected chi connectivity index (χ0v) is 16.7. The first-order chi connectivity index (χ1) is 14.6. The van der Waals surface area contributed by atoms with Crippen molar-refractivity contribution in [3.8, 4) is 5.75 Å². The molecule has 1 aromatic heterocycles. The van der Waals surface area contributed by atoms with Crippen LogP contribution in [0.25, 0.3) is 0 Å². The van der Waals surface area contributed by atoms with Gasteiger partial charge in [0.25, 0.3) is 5.91 Å². The van der Waals surface area contributed by atoms with Crippen LogP contribution in [0, 0.1) is 5.82 Å². The number of ether oxygens (including phenoxy) is 1. The van der Waals surface area contributed by atoms with E-state index in [0.29, 0.717) is 37.5 Å². The number of hydrogen-bond acceptors (Lipinski definition) is 5. The van der Waals surface area contributed by atoms with Crippen molar-refractivity contribution in [1.82, 2.24) is 9.88 Å². The Bertz CT molecular complexity index is 1000. The number of pyridine rings is 1. The van der Waals surface area contributed by atoms with Gasteiger partial charge in [0, 0.05) is 61.6 Å². The highest BCUT2D eigenvalue weighted by Gasteiger charge is 2.24. The fourth-order valence-corrected chi connectivity index (χ4v) is 3.54. The van der Waals surface area contributed by atoms with Crippen LogP contribution < -0.4 is 15.0 Å². The fraction of sp³-hybridized carbons (Fsp3) is 0.217. The quantitative estimate of drug-likeness (QED) is 0.696. The number of anilines is 3. The summed E-state index contributed by atoms with van der Waals surface area (Å²) < 4.78 is 18.8. The van der Waals surface area contributed by atoms with Gasteiger partial charge in [-0.2, -0.15) is 0 Å². The monoisotopic (exact) mass is 406 g/mol. The van der Waals surface area contributed by atoms with Gasteiger partial charge in [0.15, 0.2) is 0 Å². The number of piperazine rings is 1. The second-order valence-corrected chi connectivity index (χ2v) is 7.03. The second-order valence-electron chi connectivity index (χ2n) is 7.03. The minimum absolute atomic E-state index is 0.0104. The van der Waals surface area contributed by atoms with Crippen molar-refractivity contribution in [3.05, 3.63) is 78.4 Å². The number of rotatable bonds is 5. The number of carbonyl (C=O) groups is 1. The number of halogens is 1. The minimum atomic E-state index is -0.328. The van der Waals surface area contributed by atoms with E-state index in [0.717, 1.165) is 17.1 Å². The van der Waals surface area contributed by atoms with Gasteiger partial charge in [-0.15, -0.1) is 0 Å². The molecule has 1 saturated heterocycles. The molecule has 0 bridgehead atoms. The number of methoxy groups -OCH3 is 1. The van der Waals surface area contributed by atoms with Crippen LogP contribution in [0.4, 0.5) is 21.5 Å². The van der Waals surface area contributed by atoms with Crippen LogP contribution in [-0.2, 0) is 0 Å². The van der Waals surface area contributed by atoms with Gasteiger partial charge in [-0.1, -0.05) is 0 Å². The highest BCUT2D eigenvalue weighted by Crippen LogP contribution is 2.30. The topological polar surface area (TPSA) is 57.7 Å². The van der Waals surface area contributed by atoms with E-state index in [1.807, 2.05) is 41.3 Å². The van der Waals surface area contributed by atoms with E-state index in [1.165, 1.54) is 19.2 Å². The molecule has 0 unspecified atom stereocenters. The van der Waals surface area contributed by atoms with Gasteiger partial charge in [0.05, 0.1) is 12.8 Å². The summed E-state index contributed by atoms with van der Waals surface area (Å²) in [7, 11) is 1.53. The first kappa shape index (κ1) is 19.7. The molecule has 1 aliphatic heterocycles. The molecule has 0 atom stereocenters. The summed E-state index contributed by atoms with van der Waals surface area (Å²) >= 11 is 0. The van der Waals surface area contributed by atoms with E-state index in [2.05, 4.69) is 15.2 Å². The van der Waals surface area contributed by atoms with Crippen molar-refractivity contribution >= 4 is 23.0 Å². The summed E-state index contributed by atoms with van der Waals surface area (Å²) in [5.74, 6) is 0.189. The molecule has 1 fully saturated rings. The van der Waals surface area contributed by atoms with Gasteiger partial charge in [-0.25, -0.2) is 4.39 Å². The Morgan fingerprint density at radius 2 is 1.63 bits per heavy atom. The highest BCUT2D eigenvalue weighted by atomic mass is 19.1. The van der Waals surface area contributed by atoms with Gasteiger partial charge >= 0.3 is 0 Å². The molecule has 2 heterocycles. The molecule has 6 nitrogen and oxygen atoms in total. The van der Waals surface area contributed by atoms with Crippen molar-refractivity contribution in [3.63, 3.8) is 0 Å². The number of nitrogens with one attached hydrogen (secondary N) is 1. The van der Waals surface area contributed by atoms with Crippen LogP contribution in [0.3, 0.4) is 0 Å². The Balaban J connectivity index is 1.37. The van der Waals surface area contributed by atoms with Gasteiger partial charge < -0.3 is 19.9 Å². The molecular formula is C23H23FN4O2. The Kier molecular flexibility index (Phi) is 5.79. The van der Waals surface area contributed by atoms with E-state index in [4.69, 9.17) is 4.74 Å². The molecule has 0 aliphatic carbocycles. The van der Waals surface area contributed by atoms with E-state index in [1.54, 1.807) is 18.5 Å². The Labute approximate surface area is 174 Å². The molecule has 1 amide bonds. The summed E-state index contributed by atoms with van der Waals surface area (Å²) in [5.41, 5.74) is 3.35. The second kappa shape index (κ2) is 8.82. The maximum atomic E-state index is 13.4. The summed E-state index contributed by atoms with van der Waals surface area (Å²) in [6, 6.07) is 15.8. The summed E-state index contributed by atoms with van der Waals surface area (Å²) in [5, 5.41) is 3.28. The van der Waals surface area contributed by atoms with Gasteiger partial charge in [-0.05, 0) is 48.5 Å². The van der Waals surface area contributed by atoms with Crippen LogP contribution in [0.1, 0.15) is 10.4 Å². The van der Waals surface area contributed by atoms with Crippen molar-refractivity contribution in [1.29, 1.82) is 0 Å². The van der Waals surface area contributed by atoms with E-state index in [9.17, 15) is 9.18 Å². The Hall–Kier alpha value is -3.61. The molecule has 3 aromatic rings. The zero-order valence-electron chi connectivity index (χ0n) is 16.7. The number of hydrogen-bond donors (Lipinski definition) is 1. The standard InChI is InChI=1S/C23H23FN4O2/c1-30-22-16-18(24)4-7-21(22)27-12-14-28(15-13-27)23(29)17-2-5-19(6-3-17)26-20-8-10-25-11-9-20/h2-11,16H,12-15H2,1H3,(H,25,26). The molecule has 154 valence electrons. The molecular weight excluding hydrogens is 383 g/mol. The Morgan fingerprint density at radius 1 is 0.967 bits per heavy atom. The molecule has 2 aromatic carbocycles. The van der Waals surface area contributed by atoms with Gasteiger partial charge in [-0.3, -0.25) is 9.78 Å². The number of amides is 1. The molecule has 30 heavy (non-hydrogen) atoms. The van der Waals surface area contributed by atoms with Crippen molar-refractivity contribution < 1.29 is 13.9 Å². The molecule has 4 rings (SSSR count). The van der Waals surface area contributed by atoms with Crippen molar-refractivity contribution in [2.75, 3.05) is 43.5 Å². The number of benzene rings is 2. The fourth-order valence-electron chi connectivity index (χ4n) is 3.54. The highest BCUT2D eigenvalue weighted by molar-refractivity contribution is 5.94. The smallest absolute Gasteiger partial charge is 0.253 e. The van der Waals surface area contributed by atoms with Crippen LogP contribution in [-0.4, -0.2) is 49.1 Å². The van der Waals surface area contributed by atoms with Crippen LogP contribution >= 0.6 is 0 Å². The maximum Gasteiger partial charge on any atom is 0.253 e. The first-order valence-electron chi connectivity index (χ1n) is 9.79. The third kappa shape index (κ3) is 4.35. The molecule has 0 saturated carbocycles. The first-order valence-corrected chi connectivity index (χ1v) is 9.79. The van der Waals surface area contributed by atoms with Crippen LogP contribution in [0.2, 0.25) is 0 Å². The molecule has 1 N–H and O–H groups in total. The molecule has 7 heteroatoms. The van der Waals surface area contributed by atoms with Gasteiger partial charge in [0.1, 0.15) is 11.6 Å². The number of carbonyl (C=O) groups excluding carboxylic acids is 1. The van der Waals surface area contributed by atoms with Crippen molar-refractivity contribution in [2.24, 2.45) is 0 Å². The predicted octanol–water partition coefficient (Wildman–Crippen LogP) is 3.94. The van der Waals surface area contributed by atoms with Crippen LogP contribution in [0.15, 0.2) is 67.0 Å². The summed E-state index contributed by atoms with van der Waals surface area (Å²) in [6.07, 6.45) is 3.45. The SMILES string of the molecule is COc1cc(F)ccc1N1CCN(C(=O)c2ccc(Nc3ccncc3)cc2)CC1. The minimum Gasteiger partial charge on any atom is -0.494 e. The largest absolute Gasteiger partial charge is 0.494 e. The lowest BCUT2D eigenvalue weighted by atomic mass is 10.1. The average Bonchev–Trinajstić information content (AvgIpc) is 2.80. The molecule has 0 spiro atoms. The lowest BCUT2D eigenvalue weighted by Crippen LogP contribution is -2.48. The lowest BCUT2D eigenvalue weighted by molar-refractivity contribution is 0.0746. The zero-order chi connectivity index (χ0) is 20.9. The maximum absolute atomic E-state index is 13.4. The summed E-state index contributed by atoms with van der Waals surface area (Å²) in [4.78, 5) is 20.8. The van der Waals surface area contributed by atoms with Gasteiger partial charge in [0.2, 0.25) is 0 Å². The molecule has 1 aliphatic rings. The third-order valence-corrected chi connectivity index (χ3v) is 5.15.